The number of hydrogen-bond acceptors (Lipinski definition) is 4. The van der Waals surface area contributed by atoms with Crippen molar-refractivity contribution in [3.8, 4) is 11.5 Å². The minimum atomic E-state index is -0.280. The van der Waals surface area contributed by atoms with Crippen molar-refractivity contribution < 1.29 is 19.1 Å². The summed E-state index contributed by atoms with van der Waals surface area (Å²) in [6.45, 7) is 4.53. The number of esters is 2. The Labute approximate surface area is 300 Å². The molecule has 0 fully saturated rings. The van der Waals surface area contributed by atoms with Crippen LogP contribution in [0.3, 0.4) is 0 Å². The minimum Gasteiger partial charge on any atom is -0.422 e. The van der Waals surface area contributed by atoms with Gasteiger partial charge in [-0.3, -0.25) is 9.59 Å². The first-order chi connectivity index (χ1) is 24.1. The van der Waals surface area contributed by atoms with Gasteiger partial charge in [-0.15, -0.1) is 0 Å². The van der Waals surface area contributed by atoms with Gasteiger partial charge in [0.2, 0.25) is 0 Å². The van der Waals surface area contributed by atoms with E-state index in [0.717, 1.165) is 62.3 Å². The molecule has 1 aromatic carbocycles. The summed E-state index contributed by atoms with van der Waals surface area (Å²) in [5, 5.41) is 0.917. The van der Waals surface area contributed by atoms with Crippen LogP contribution in [-0.2, 0) is 9.59 Å². The summed E-state index contributed by atoms with van der Waals surface area (Å²) in [6.07, 6.45) is 43.6. The van der Waals surface area contributed by atoms with E-state index in [1.54, 1.807) is 12.1 Å². The maximum atomic E-state index is 12.7. The van der Waals surface area contributed by atoms with Crippen molar-refractivity contribution in [1.82, 2.24) is 4.98 Å². The third-order valence-corrected chi connectivity index (χ3v) is 9.35. The van der Waals surface area contributed by atoms with Crippen molar-refractivity contribution in [3.05, 3.63) is 48.7 Å². The van der Waals surface area contributed by atoms with Crippen molar-refractivity contribution >= 4 is 22.8 Å². The molecule has 1 heterocycles. The molecule has 0 aliphatic heterocycles. The molecule has 0 amide bonds. The van der Waals surface area contributed by atoms with Gasteiger partial charge in [0.05, 0.1) is 0 Å². The molecule has 0 radical (unpaired) electrons. The van der Waals surface area contributed by atoms with Gasteiger partial charge in [0.1, 0.15) is 0 Å². The van der Waals surface area contributed by atoms with Gasteiger partial charge < -0.3 is 14.5 Å². The summed E-state index contributed by atoms with van der Waals surface area (Å²) < 4.78 is 11.5. The number of ether oxygens (including phenoxy) is 2. The molecule has 0 saturated heterocycles. The molecule has 2 rings (SSSR count). The van der Waals surface area contributed by atoms with Gasteiger partial charge >= 0.3 is 11.9 Å². The first kappa shape index (κ1) is 42.3. The maximum Gasteiger partial charge on any atom is 0.311 e. The fourth-order valence-electron chi connectivity index (χ4n) is 6.25. The summed E-state index contributed by atoms with van der Waals surface area (Å²) in [7, 11) is 0. The third kappa shape index (κ3) is 22.5. The number of carbonyl (C=O) groups excluding carboxylic acids is 2. The van der Waals surface area contributed by atoms with Crippen molar-refractivity contribution in [2.24, 2.45) is 0 Å². The minimum absolute atomic E-state index is 0.276. The van der Waals surface area contributed by atoms with Crippen LogP contribution in [0.4, 0.5) is 0 Å². The number of aromatic nitrogens is 1. The zero-order valence-electron chi connectivity index (χ0n) is 31.6. The van der Waals surface area contributed by atoms with Crippen LogP contribution >= 0.6 is 0 Å². The lowest BCUT2D eigenvalue weighted by atomic mass is 10.1. The molecule has 0 aliphatic carbocycles. The Morgan fingerprint density at radius 3 is 1.31 bits per heavy atom. The zero-order chi connectivity index (χ0) is 35.0. The molecule has 0 aliphatic rings. The second-order valence-corrected chi connectivity index (χ2v) is 14.0. The van der Waals surface area contributed by atoms with Crippen LogP contribution in [0.5, 0.6) is 11.5 Å². The Balaban J connectivity index is 1.56. The molecule has 2 aromatic rings. The van der Waals surface area contributed by atoms with Crippen molar-refractivity contribution in [2.75, 3.05) is 0 Å². The average Bonchev–Trinajstić information content (AvgIpc) is 3.55. The molecule has 5 heteroatoms. The van der Waals surface area contributed by atoms with Gasteiger partial charge in [0.25, 0.3) is 0 Å². The number of nitrogens with one attached hydrogen (secondary N) is 1. The largest absolute Gasteiger partial charge is 0.422 e. The molecule has 276 valence electrons. The summed E-state index contributed by atoms with van der Waals surface area (Å²) in [5.74, 6) is 0.0773. The number of benzene rings is 1. The molecule has 1 aromatic heterocycles. The second-order valence-electron chi connectivity index (χ2n) is 14.0. The molecule has 0 spiro atoms. The Hall–Kier alpha value is -2.82. The third-order valence-electron chi connectivity index (χ3n) is 9.35. The Kier molecular flexibility index (Phi) is 26.0. The SMILES string of the molecule is CCCCCCCCC=CCCCCCCCC(=O)Oc1cc2cc[nH]c2cc1OC(=O)CCCCCCCC=CCCCCCCCC. The summed E-state index contributed by atoms with van der Waals surface area (Å²) in [6, 6.07) is 5.47. The number of unbranched alkanes of at least 4 members (excludes halogenated alkanes) is 22. The van der Waals surface area contributed by atoms with Gasteiger partial charge in [0.15, 0.2) is 11.5 Å². The lowest BCUT2D eigenvalue weighted by molar-refractivity contribution is -0.137. The average molecular weight is 678 g/mol. The predicted molar refractivity (Wildman–Crippen MR) is 208 cm³/mol. The van der Waals surface area contributed by atoms with E-state index in [4.69, 9.17) is 9.47 Å². The van der Waals surface area contributed by atoms with Gasteiger partial charge in [0, 0.05) is 36.0 Å². The van der Waals surface area contributed by atoms with Crippen LogP contribution in [-0.4, -0.2) is 16.9 Å². The number of carbonyl (C=O) groups is 2. The normalized spacial score (nSPS) is 11.7. The van der Waals surface area contributed by atoms with Crippen molar-refractivity contribution in [3.63, 3.8) is 0 Å². The van der Waals surface area contributed by atoms with Crippen LogP contribution in [0.1, 0.15) is 194 Å². The van der Waals surface area contributed by atoms with Gasteiger partial charge in [-0.1, -0.05) is 141 Å². The second kappa shape index (κ2) is 30.0. The number of fused-ring (bicyclic) bond motifs is 1. The van der Waals surface area contributed by atoms with E-state index in [1.807, 2.05) is 12.3 Å². The molecular weight excluding hydrogens is 606 g/mol. The fourth-order valence-corrected chi connectivity index (χ4v) is 6.25. The van der Waals surface area contributed by atoms with Crippen LogP contribution in [0.2, 0.25) is 0 Å². The number of rotatable bonds is 32. The van der Waals surface area contributed by atoms with Gasteiger partial charge in [-0.2, -0.15) is 0 Å². The Morgan fingerprint density at radius 2 is 0.878 bits per heavy atom. The first-order valence-electron chi connectivity index (χ1n) is 20.5. The highest BCUT2D eigenvalue weighted by molar-refractivity contribution is 5.86. The van der Waals surface area contributed by atoms with E-state index in [2.05, 4.69) is 43.1 Å². The van der Waals surface area contributed by atoms with E-state index in [1.165, 1.54) is 116 Å². The highest BCUT2D eigenvalue weighted by Crippen LogP contribution is 2.33. The van der Waals surface area contributed by atoms with Crippen molar-refractivity contribution in [2.45, 2.75) is 194 Å². The van der Waals surface area contributed by atoms with E-state index in [0.29, 0.717) is 24.3 Å². The van der Waals surface area contributed by atoms with E-state index in [9.17, 15) is 9.59 Å². The van der Waals surface area contributed by atoms with Crippen LogP contribution in [0.25, 0.3) is 10.9 Å². The number of hydrogen-bond donors (Lipinski definition) is 1. The quantitative estimate of drug-likeness (QED) is 0.0362. The fraction of sp³-hybridized carbons (Fsp3) is 0.682. The smallest absolute Gasteiger partial charge is 0.311 e. The van der Waals surface area contributed by atoms with E-state index < -0.39 is 0 Å². The summed E-state index contributed by atoms with van der Waals surface area (Å²) >= 11 is 0. The number of aromatic amines is 1. The highest BCUT2D eigenvalue weighted by Gasteiger charge is 2.16. The van der Waals surface area contributed by atoms with Crippen LogP contribution < -0.4 is 9.47 Å². The van der Waals surface area contributed by atoms with Crippen LogP contribution in [0, 0.1) is 0 Å². The Bertz CT molecular complexity index is 1070. The lowest BCUT2D eigenvalue weighted by Gasteiger charge is -2.11. The number of H-pyrrole nitrogens is 1. The summed E-state index contributed by atoms with van der Waals surface area (Å²) in [4.78, 5) is 28.6. The molecule has 49 heavy (non-hydrogen) atoms. The standard InChI is InChI=1S/C44H71NO4/c1-3-5-7-9-11-13-15-17-19-21-23-25-27-29-31-33-43(46)48-41-37-39-35-36-45-40(39)38-42(41)49-44(47)34-32-30-28-26-24-22-20-18-16-14-12-10-8-6-4-2/h17-20,35-38,45H,3-16,21-34H2,1-2H3. The molecule has 0 bridgehead atoms. The molecule has 0 saturated carbocycles. The summed E-state index contributed by atoms with van der Waals surface area (Å²) in [5.41, 5.74) is 0.848. The molecule has 5 nitrogen and oxygen atoms in total. The van der Waals surface area contributed by atoms with Gasteiger partial charge in [-0.05, 0) is 76.3 Å². The maximum absolute atomic E-state index is 12.7. The predicted octanol–water partition coefficient (Wildman–Crippen LogP) is 14.1. The Morgan fingerprint density at radius 1 is 0.510 bits per heavy atom. The van der Waals surface area contributed by atoms with E-state index >= 15 is 0 Å². The molecule has 0 unspecified atom stereocenters. The van der Waals surface area contributed by atoms with Crippen LogP contribution in [0.15, 0.2) is 48.7 Å². The molecule has 1 N–H and O–H groups in total. The highest BCUT2D eigenvalue weighted by atomic mass is 16.6. The number of allylic oxidation sites excluding steroid dienone is 4. The lowest BCUT2D eigenvalue weighted by Crippen LogP contribution is -2.12. The van der Waals surface area contributed by atoms with Gasteiger partial charge in [-0.25, -0.2) is 0 Å². The monoisotopic (exact) mass is 678 g/mol. The molecular formula is C44H71NO4. The topological polar surface area (TPSA) is 68.4 Å². The van der Waals surface area contributed by atoms with E-state index in [-0.39, 0.29) is 11.9 Å². The first-order valence-corrected chi connectivity index (χ1v) is 20.5. The molecule has 0 atom stereocenters. The zero-order valence-corrected chi connectivity index (χ0v) is 31.6. The van der Waals surface area contributed by atoms with Crippen molar-refractivity contribution in [1.29, 1.82) is 0 Å².